The molecule has 2 amide bonds. The van der Waals surface area contributed by atoms with E-state index in [-0.39, 0.29) is 12.6 Å². The zero-order chi connectivity index (χ0) is 17.8. The highest BCUT2D eigenvalue weighted by Crippen LogP contribution is 2.32. The first-order valence-electron chi connectivity index (χ1n) is 7.90. The summed E-state index contributed by atoms with van der Waals surface area (Å²) in [5, 5.41) is 5.57. The molecule has 6 heteroatoms. The van der Waals surface area contributed by atoms with E-state index in [2.05, 4.69) is 26.6 Å². The van der Waals surface area contributed by atoms with E-state index in [9.17, 15) is 9.59 Å². The molecule has 2 N–H and O–H groups in total. The Kier molecular flexibility index (Phi) is 5.19. The molecule has 1 heterocycles. The number of benzene rings is 2. The first-order valence-corrected chi connectivity index (χ1v) is 8.69. The highest BCUT2D eigenvalue weighted by Gasteiger charge is 2.34. The summed E-state index contributed by atoms with van der Waals surface area (Å²) in [5.74, 6) is -0.457. The summed E-state index contributed by atoms with van der Waals surface area (Å²) in [4.78, 5) is 24.9. The predicted octanol–water partition coefficient (Wildman–Crippen LogP) is 3.78. The highest BCUT2D eigenvalue weighted by atomic mass is 79.9. The van der Waals surface area contributed by atoms with Crippen molar-refractivity contribution in [2.75, 3.05) is 6.61 Å². The number of amides is 2. The SMILES string of the molecule is CCOC(=O)C1=C(c2ccccc2)NC(=O)N[C@@H]1c1ccc(Br)cc1. The highest BCUT2D eigenvalue weighted by molar-refractivity contribution is 9.10. The van der Waals surface area contributed by atoms with Crippen LogP contribution in [0.5, 0.6) is 0 Å². The molecule has 25 heavy (non-hydrogen) atoms. The van der Waals surface area contributed by atoms with Gasteiger partial charge in [0.15, 0.2) is 0 Å². The van der Waals surface area contributed by atoms with Crippen LogP contribution in [-0.4, -0.2) is 18.6 Å². The topological polar surface area (TPSA) is 67.4 Å². The third-order valence-electron chi connectivity index (χ3n) is 3.83. The van der Waals surface area contributed by atoms with Crippen molar-refractivity contribution in [1.82, 2.24) is 10.6 Å². The van der Waals surface area contributed by atoms with Crippen molar-refractivity contribution in [3.05, 3.63) is 75.8 Å². The number of ether oxygens (including phenoxy) is 1. The normalized spacial score (nSPS) is 16.9. The Bertz CT molecular complexity index is 816. The molecule has 1 aliphatic rings. The third kappa shape index (κ3) is 3.74. The molecule has 0 saturated carbocycles. The average Bonchev–Trinajstić information content (AvgIpc) is 2.62. The summed E-state index contributed by atoms with van der Waals surface area (Å²) in [6.45, 7) is 2.01. The molecule has 0 spiro atoms. The number of esters is 1. The molecule has 0 aliphatic carbocycles. The number of rotatable bonds is 4. The van der Waals surface area contributed by atoms with Crippen LogP contribution in [0.1, 0.15) is 24.1 Å². The standard InChI is InChI=1S/C19H17BrN2O3/c1-2-25-18(23)15-16(12-6-4-3-5-7-12)21-19(24)22-17(15)13-8-10-14(20)11-9-13/h3-11,17H,2H2,1H3,(H2,21,22,24)/t17-/m1/s1. The molecule has 0 unspecified atom stereocenters. The lowest BCUT2D eigenvalue weighted by molar-refractivity contribution is -0.138. The Hall–Kier alpha value is -2.60. The van der Waals surface area contributed by atoms with Crippen molar-refractivity contribution in [1.29, 1.82) is 0 Å². The Morgan fingerprint density at radius 2 is 1.80 bits per heavy atom. The van der Waals surface area contributed by atoms with Gasteiger partial charge in [0.2, 0.25) is 0 Å². The largest absolute Gasteiger partial charge is 0.463 e. The number of carbonyl (C=O) groups is 2. The molecule has 3 rings (SSSR count). The molecule has 128 valence electrons. The van der Waals surface area contributed by atoms with Gasteiger partial charge in [-0.05, 0) is 30.2 Å². The predicted molar refractivity (Wildman–Crippen MR) is 98.5 cm³/mol. The number of nitrogens with one attached hydrogen (secondary N) is 2. The Balaban J connectivity index is 2.16. The van der Waals surface area contributed by atoms with E-state index in [4.69, 9.17) is 4.74 Å². The Labute approximate surface area is 154 Å². The second-order valence-electron chi connectivity index (χ2n) is 5.46. The lowest BCUT2D eigenvalue weighted by atomic mass is 9.93. The fraction of sp³-hybridized carbons (Fsp3) is 0.158. The fourth-order valence-corrected chi connectivity index (χ4v) is 3.00. The van der Waals surface area contributed by atoms with Crippen LogP contribution in [0.3, 0.4) is 0 Å². The van der Waals surface area contributed by atoms with Crippen LogP contribution in [0, 0.1) is 0 Å². The van der Waals surface area contributed by atoms with Gasteiger partial charge in [0.25, 0.3) is 0 Å². The summed E-state index contributed by atoms with van der Waals surface area (Å²) < 4.78 is 6.16. The summed E-state index contributed by atoms with van der Waals surface area (Å²) in [6, 6.07) is 15.8. The first-order chi connectivity index (χ1) is 12.1. The van der Waals surface area contributed by atoms with Gasteiger partial charge in [0.05, 0.1) is 23.9 Å². The zero-order valence-electron chi connectivity index (χ0n) is 13.6. The number of carbonyl (C=O) groups excluding carboxylic acids is 2. The molecule has 1 atom stereocenters. The van der Waals surface area contributed by atoms with E-state index >= 15 is 0 Å². The van der Waals surface area contributed by atoms with Crippen LogP contribution < -0.4 is 10.6 Å². The van der Waals surface area contributed by atoms with Gasteiger partial charge in [-0.3, -0.25) is 0 Å². The van der Waals surface area contributed by atoms with Gasteiger partial charge in [-0.1, -0.05) is 58.4 Å². The maximum absolute atomic E-state index is 12.7. The van der Waals surface area contributed by atoms with Crippen molar-refractivity contribution in [2.45, 2.75) is 13.0 Å². The minimum Gasteiger partial charge on any atom is -0.463 e. The summed E-state index contributed by atoms with van der Waals surface area (Å²) in [5.41, 5.74) is 2.41. The van der Waals surface area contributed by atoms with Crippen LogP contribution in [0.4, 0.5) is 4.79 Å². The van der Waals surface area contributed by atoms with E-state index in [0.29, 0.717) is 11.3 Å². The van der Waals surface area contributed by atoms with Crippen molar-refractivity contribution in [3.8, 4) is 0 Å². The van der Waals surface area contributed by atoms with Crippen LogP contribution in [0.15, 0.2) is 64.6 Å². The summed E-state index contributed by atoms with van der Waals surface area (Å²) >= 11 is 3.40. The lowest BCUT2D eigenvalue weighted by Crippen LogP contribution is -2.45. The Morgan fingerprint density at radius 1 is 1.12 bits per heavy atom. The quantitative estimate of drug-likeness (QED) is 0.767. The second-order valence-corrected chi connectivity index (χ2v) is 6.37. The second kappa shape index (κ2) is 7.53. The Morgan fingerprint density at radius 3 is 2.44 bits per heavy atom. The van der Waals surface area contributed by atoms with Gasteiger partial charge in [-0.25, -0.2) is 9.59 Å². The van der Waals surface area contributed by atoms with Crippen molar-refractivity contribution >= 4 is 33.6 Å². The number of urea groups is 1. The number of halogens is 1. The lowest BCUT2D eigenvalue weighted by Gasteiger charge is -2.29. The molecule has 2 aromatic rings. The van der Waals surface area contributed by atoms with E-state index in [1.165, 1.54) is 0 Å². The van der Waals surface area contributed by atoms with Crippen LogP contribution >= 0.6 is 15.9 Å². The van der Waals surface area contributed by atoms with Gasteiger partial charge in [0.1, 0.15) is 0 Å². The minimum atomic E-state index is -0.587. The van der Waals surface area contributed by atoms with Gasteiger partial charge in [-0.15, -0.1) is 0 Å². The van der Waals surface area contributed by atoms with E-state index in [0.717, 1.165) is 15.6 Å². The van der Waals surface area contributed by atoms with Gasteiger partial charge in [0, 0.05) is 4.47 Å². The van der Waals surface area contributed by atoms with Crippen molar-refractivity contribution in [3.63, 3.8) is 0 Å². The van der Waals surface area contributed by atoms with Gasteiger partial charge >= 0.3 is 12.0 Å². The number of hydrogen-bond donors (Lipinski definition) is 2. The molecule has 5 nitrogen and oxygen atoms in total. The number of hydrogen-bond acceptors (Lipinski definition) is 3. The van der Waals surface area contributed by atoms with Crippen LogP contribution in [0.2, 0.25) is 0 Å². The molecule has 1 aliphatic heterocycles. The molecule has 2 aromatic carbocycles. The molecular weight excluding hydrogens is 384 g/mol. The molecule has 0 saturated heterocycles. The molecular formula is C19H17BrN2O3. The average molecular weight is 401 g/mol. The zero-order valence-corrected chi connectivity index (χ0v) is 15.2. The molecule has 0 bridgehead atoms. The monoisotopic (exact) mass is 400 g/mol. The van der Waals surface area contributed by atoms with E-state index in [1.807, 2.05) is 54.6 Å². The van der Waals surface area contributed by atoms with Crippen LogP contribution in [0.25, 0.3) is 5.70 Å². The first kappa shape index (κ1) is 17.2. The summed E-state index contributed by atoms with van der Waals surface area (Å²) in [6.07, 6.45) is 0. The molecule has 0 aromatic heterocycles. The van der Waals surface area contributed by atoms with E-state index in [1.54, 1.807) is 6.92 Å². The minimum absolute atomic E-state index is 0.255. The molecule has 0 radical (unpaired) electrons. The molecule has 0 fully saturated rings. The maximum atomic E-state index is 12.7. The van der Waals surface area contributed by atoms with Gasteiger partial charge in [-0.2, -0.15) is 0 Å². The third-order valence-corrected chi connectivity index (χ3v) is 4.36. The van der Waals surface area contributed by atoms with Gasteiger partial charge < -0.3 is 15.4 Å². The van der Waals surface area contributed by atoms with Crippen molar-refractivity contribution in [2.24, 2.45) is 0 Å². The van der Waals surface area contributed by atoms with Crippen LogP contribution in [-0.2, 0) is 9.53 Å². The van der Waals surface area contributed by atoms with E-state index < -0.39 is 12.0 Å². The van der Waals surface area contributed by atoms with Crippen molar-refractivity contribution < 1.29 is 14.3 Å². The smallest absolute Gasteiger partial charge is 0.338 e. The summed E-state index contributed by atoms with van der Waals surface area (Å²) in [7, 11) is 0. The maximum Gasteiger partial charge on any atom is 0.338 e. The fourth-order valence-electron chi connectivity index (χ4n) is 2.73.